The van der Waals surface area contributed by atoms with Crippen LogP contribution < -0.4 is 10.6 Å². The van der Waals surface area contributed by atoms with E-state index in [1.54, 1.807) is 11.3 Å². The number of nitrogens with zero attached hydrogens (tertiary/aromatic N) is 2. The second-order valence-electron chi connectivity index (χ2n) is 4.01. The first-order chi connectivity index (χ1) is 8.06. The molecule has 0 bridgehead atoms. The largest absolute Gasteiger partial charge is 0.398 e. The van der Waals surface area contributed by atoms with Gasteiger partial charge in [0.1, 0.15) is 5.82 Å². The van der Waals surface area contributed by atoms with Gasteiger partial charge in [0.2, 0.25) is 0 Å². The predicted octanol–water partition coefficient (Wildman–Crippen LogP) is 3.43. The third kappa shape index (κ3) is 2.98. The molecule has 0 amide bonds. The van der Waals surface area contributed by atoms with E-state index in [-0.39, 0.29) is 0 Å². The van der Waals surface area contributed by atoms with E-state index in [1.165, 1.54) is 5.56 Å². The first-order valence-corrected chi connectivity index (χ1v) is 6.89. The zero-order valence-electron chi connectivity index (χ0n) is 9.77. The third-order valence-electron chi connectivity index (χ3n) is 2.56. The van der Waals surface area contributed by atoms with Gasteiger partial charge in [-0.1, -0.05) is 0 Å². The van der Waals surface area contributed by atoms with Crippen LogP contribution in [0.1, 0.15) is 11.1 Å². The average molecular weight is 312 g/mol. The van der Waals surface area contributed by atoms with Crippen LogP contribution in [0.15, 0.2) is 27.5 Å². The number of aryl methyl sites for hydroxylation is 1. The van der Waals surface area contributed by atoms with Gasteiger partial charge in [0.25, 0.3) is 0 Å². The van der Waals surface area contributed by atoms with E-state index in [0.29, 0.717) is 0 Å². The molecule has 2 aromatic heterocycles. The molecule has 5 heteroatoms. The van der Waals surface area contributed by atoms with Crippen molar-refractivity contribution in [1.29, 1.82) is 0 Å². The second-order valence-corrected chi connectivity index (χ2v) is 6.30. The van der Waals surface area contributed by atoms with Gasteiger partial charge in [-0.25, -0.2) is 4.98 Å². The maximum Gasteiger partial charge on any atom is 0.130 e. The molecule has 0 aliphatic heterocycles. The van der Waals surface area contributed by atoms with Crippen molar-refractivity contribution in [3.05, 3.63) is 38.6 Å². The summed E-state index contributed by atoms with van der Waals surface area (Å²) in [7, 11) is 2.02. The highest BCUT2D eigenvalue weighted by Gasteiger charge is 2.06. The van der Waals surface area contributed by atoms with Crippen LogP contribution in [0, 0.1) is 6.92 Å². The normalized spacial score (nSPS) is 10.5. The molecule has 0 aliphatic rings. The molecule has 0 aromatic carbocycles. The highest BCUT2D eigenvalue weighted by Crippen LogP contribution is 2.23. The number of aromatic nitrogens is 1. The summed E-state index contributed by atoms with van der Waals surface area (Å²) in [5.74, 6) is 0.899. The molecule has 0 spiro atoms. The number of nitrogens with two attached hydrogens (primary N) is 1. The molecule has 0 atom stereocenters. The SMILES string of the molecule is Cc1cnc(N(C)Cc2csc(Br)c2)cc1N. The molecule has 2 aromatic rings. The molecule has 90 valence electrons. The zero-order chi connectivity index (χ0) is 12.4. The van der Waals surface area contributed by atoms with Crippen LogP contribution >= 0.6 is 27.3 Å². The lowest BCUT2D eigenvalue weighted by Gasteiger charge is -2.18. The minimum atomic E-state index is 0.786. The Morgan fingerprint density at radius 2 is 2.24 bits per heavy atom. The molecular weight excluding hydrogens is 298 g/mol. The number of thiophene rings is 1. The number of hydrogen-bond acceptors (Lipinski definition) is 4. The molecule has 2 N–H and O–H groups in total. The van der Waals surface area contributed by atoms with E-state index in [4.69, 9.17) is 5.73 Å². The molecule has 17 heavy (non-hydrogen) atoms. The van der Waals surface area contributed by atoms with Gasteiger partial charge in [0.15, 0.2) is 0 Å². The molecule has 0 fully saturated rings. The maximum atomic E-state index is 5.88. The van der Waals surface area contributed by atoms with E-state index in [1.807, 2.05) is 26.2 Å². The van der Waals surface area contributed by atoms with Crippen molar-refractivity contribution >= 4 is 38.8 Å². The summed E-state index contributed by atoms with van der Waals surface area (Å²) < 4.78 is 1.15. The third-order valence-corrected chi connectivity index (χ3v) is 4.12. The summed E-state index contributed by atoms with van der Waals surface area (Å²) in [6.07, 6.45) is 1.81. The van der Waals surface area contributed by atoms with Crippen LogP contribution in [0.5, 0.6) is 0 Å². The Labute approximate surface area is 113 Å². The number of nitrogen functional groups attached to an aromatic ring is 1. The highest BCUT2D eigenvalue weighted by atomic mass is 79.9. The monoisotopic (exact) mass is 311 g/mol. The van der Waals surface area contributed by atoms with Crippen molar-refractivity contribution in [2.45, 2.75) is 13.5 Å². The van der Waals surface area contributed by atoms with Gasteiger partial charge < -0.3 is 10.6 Å². The number of rotatable bonds is 3. The fourth-order valence-electron chi connectivity index (χ4n) is 1.52. The van der Waals surface area contributed by atoms with Gasteiger partial charge in [-0.3, -0.25) is 0 Å². The molecule has 2 rings (SSSR count). The van der Waals surface area contributed by atoms with E-state index in [0.717, 1.165) is 27.4 Å². The smallest absolute Gasteiger partial charge is 0.130 e. The molecule has 2 heterocycles. The first-order valence-electron chi connectivity index (χ1n) is 5.22. The fraction of sp³-hybridized carbons (Fsp3) is 0.250. The Morgan fingerprint density at radius 3 is 2.82 bits per heavy atom. The van der Waals surface area contributed by atoms with Crippen molar-refractivity contribution in [2.24, 2.45) is 0 Å². The topological polar surface area (TPSA) is 42.2 Å². The number of pyridine rings is 1. The van der Waals surface area contributed by atoms with E-state index in [9.17, 15) is 0 Å². The van der Waals surface area contributed by atoms with Crippen LogP contribution in [-0.4, -0.2) is 12.0 Å². The van der Waals surface area contributed by atoms with Crippen LogP contribution in [0.2, 0.25) is 0 Å². The molecule has 3 nitrogen and oxygen atoms in total. The lowest BCUT2D eigenvalue weighted by atomic mass is 10.2. The predicted molar refractivity (Wildman–Crippen MR) is 77.5 cm³/mol. The Balaban J connectivity index is 2.14. The van der Waals surface area contributed by atoms with E-state index in [2.05, 4.69) is 37.3 Å². The number of hydrogen-bond donors (Lipinski definition) is 1. The first kappa shape index (κ1) is 12.4. The fourth-order valence-corrected chi connectivity index (χ4v) is 2.72. The van der Waals surface area contributed by atoms with Gasteiger partial charge in [-0.15, -0.1) is 11.3 Å². The molecule has 0 saturated carbocycles. The Hall–Kier alpha value is -1.07. The van der Waals surface area contributed by atoms with Gasteiger partial charge in [0, 0.05) is 31.5 Å². The molecule has 0 radical (unpaired) electrons. The van der Waals surface area contributed by atoms with Crippen LogP contribution in [0.3, 0.4) is 0 Å². The second kappa shape index (κ2) is 5.06. The van der Waals surface area contributed by atoms with Gasteiger partial charge in [-0.2, -0.15) is 0 Å². The summed E-state index contributed by atoms with van der Waals surface area (Å²) in [4.78, 5) is 6.47. The van der Waals surface area contributed by atoms with Crippen molar-refractivity contribution in [3.8, 4) is 0 Å². The van der Waals surface area contributed by atoms with Gasteiger partial charge in [-0.05, 0) is 45.4 Å². The van der Waals surface area contributed by atoms with Crippen molar-refractivity contribution in [3.63, 3.8) is 0 Å². The lowest BCUT2D eigenvalue weighted by molar-refractivity contribution is 0.901. The minimum Gasteiger partial charge on any atom is -0.398 e. The Bertz CT molecular complexity index is 524. The molecule has 0 unspecified atom stereocenters. The Kier molecular flexibility index (Phi) is 3.69. The van der Waals surface area contributed by atoms with Crippen LogP contribution in [0.4, 0.5) is 11.5 Å². The summed E-state index contributed by atoms with van der Waals surface area (Å²) in [5, 5.41) is 2.14. The maximum absolute atomic E-state index is 5.88. The summed E-state index contributed by atoms with van der Waals surface area (Å²) in [6, 6.07) is 4.04. The highest BCUT2D eigenvalue weighted by molar-refractivity contribution is 9.11. The minimum absolute atomic E-state index is 0.786. The standard InChI is InChI=1S/C12H14BrN3S/c1-8-5-15-12(4-10(8)14)16(2)6-9-3-11(13)17-7-9/h3-5,7H,6H2,1-2H3,(H2,14,15). The molecular formula is C12H14BrN3S. The van der Waals surface area contributed by atoms with Gasteiger partial charge >= 0.3 is 0 Å². The zero-order valence-corrected chi connectivity index (χ0v) is 12.2. The lowest BCUT2D eigenvalue weighted by Crippen LogP contribution is -2.17. The van der Waals surface area contributed by atoms with Crippen LogP contribution in [0.25, 0.3) is 0 Å². The van der Waals surface area contributed by atoms with Crippen molar-refractivity contribution in [1.82, 2.24) is 4.98 Å². The van der Waals surface area contributed by atoms with E-state index < -0.39 is 0 Å². The Morgan fingerprint density at radius 1 is 1.47 bits per heavy atom. The van der Waals surface area contributed by atoms with Crippen molar-refractivity contribution in [2.75, 3.05) is 17.7 Å². The summed E-state index contributed by atoms with van der Waals surface area (Å²) in [5.41, 5.74) is 8.95. The number of anilines is 2. The van der Waals surface area contributed by atoms with Crippen molar-refractivity contribution < 1.29 is 0 Å². The molecule has 0 saturated heterocycles. The summed E-state index contributed by atoms with van der Waals surface area (Å²) >= 11 is 5.16. The number of halogens is 1. The average Bonchev–Trinajstić information content (AvgIpc) is 2.68. The van der Waals surface area contributed by atoms with E-state index >= 15 is 0 Å². The summed E-state index contributed by atoms with van der Waals surface area (Å²) in [6.45, 7) is 2.79. The quantitative estimate of drug-likeness (QED) is 0.944. The molecule has 0 aliphatic carbocycles. The van der Waals surface area contributed by atoms with Crippen LogP contribution in [-0.2, 0) is 6.54 Å². The van der Waals surface area contributed by atoms with Gasteiger partial charge in [0.05, 0.1) is 3.79 Å².